The number of H-pyrrole nitrogens is 1. The minimum absolute atomic E-state index is 0.137. The average molecular weight is 330 g/mol. The molecule has 1 amide bonds. The molecular formula is C16H18N4O2S. The molecule has 1 aliphatic carbocycles. The number of para-hydroxylation sites is 1. The van der Waals surface area contributed by atoms with Crippen molar-refractivity contribution < 1.29 is 4.79 Å². The summed E-state index contributed by atoms with van der Waals surface area (Å²) in [4.78, 5) is 26.0. The molecule has 4 rings (SSSR count). The summed E-state index contributed by atoms with van der Waals surface area (Å²) < 4.78 is 1.72. The van der Waals surface area contributed by atoms with Gasteiger partial charge < -0.3 is 4.90 Å². The molecule has 1 saturated carbocycles. The molecule has 1 aliphatic heterocycles. The number of fused-ring (bicyclic) bond motifs is 1. The average Bonchev–Trinajstić information content (AvgIpc) is 3.18. The maximum absolute atomic E-state index is 12.5. The van der Waals surface area contributed by atoms with Crippen LogP contribution in [0.15, 0.2) is 34.2 Å². The molecular weight excluding hydrogens is 312 g/mol. The van der Waals surface area contributed by atoms with E-state index in [0.717, 1.165) is 31.5 Å². The topological polar surface area (TPSA) is 71.0 Å². The molecule has 2 aromatic rings. The Morgan fingerprint density at radius 1 is 1.35 bits per heavy atom. The van der Waals surface area contributed by atoms with Crippen LogP contribution in [0.4, 0.5) is 5.69 Å². The quantitative estimate of drug-likeness (QED) is 0.851. The van der Waals surface area contributed by atoms with Crippen molar-refractivity contribution in [1.29, 1.82) is 0 Å². The van der Waals surface area contributed by atoms with Gasteiger partial charge in [0.1, 0.15) is 0 Å². The molecule has 6 nitrogen and oxygen atoms in total. The van der Waals surface area contributed by atoms with Crippen molar-refractivity contribution in [3.8, 4) is 0 Å². The first-order valence-electron chi connectivity index (χ1n) is 7.92. The fourth-order valence-electron chi connectivity index (χ4n) is 3.01. The largest absolute Gasteiger partial charge is 0.344 e. The Bertz CT molecular complexity index is 793. The standard InChI is InChI=1S/C16H18N4O2S/c21-14(19-9-7-11-3-1-2-4-13(11)19)8-10-23-16-18-17-15(22)20(16)12-5-6-12/h1-4,12H,5-10H2,(H,17,22). The summed E-state index contributed by atoms with van der Waals surface area (Å²) in [5, 5.41) is 7.28. The zero-order valence-corrected chi connectivity index (χ0v) is 13.5. The molecule has 0 spiro atoms. The van der Waals surface area contributed by atoms with Crippen LogP contribution in [0.2, 0.25) is 0 Å². The van der Waals surface area contributed by atoms with Crippen LogP contribution in [0.25, 0.3) is 0 Å². The van der Waals surface area contributed by atoms with Crippen LogP contribution in [0.5, 0.6) is 0 Å². The Balaban J connectivity index is 1.37. The number of aromatic amines is 1. The monoisotopic (exact) mass is 330 g/mol. The van der Waals surface area contributed by atoms with E-state index in [2.05, 4.69) is 16.3 Å². The van der Waals surface area contributed by atoms with Crippen LogP contribution in [0.1, 0.15) is 30.9 Å². The predicted molar refractivity (Wildman–Crippen MR) is 89.0 cm³/mol. The second-order valence-electron chi connectivity index (χ2n) is 5.94. The predicted octanol–water partition coefficient (Wildman–Crippen LogP) is 1.98. The Morgan fingerprint density at radius 3 is 3.00 bits per heavy atom. The number of amides is 1. The van der Waals surface area contributed by atoms with Crippen molar-refractivity contribution in [1.82, 2.24) is 14.8 Å². The summed E-state index contributed by atoms with van der Waals surface area (Å²) in [6.45, 7) is 0.762. The Morgan fingerprint density at radius 2 is 2.17 bits per heavy atom. The first-order valence-corrected chi connectivity index (χ1v) is 8.90. The molecule has 0 saturated heterocycles. The van der Waals surface area contributed by atoms with E-state index in [9.17, 15) is 9.59 Å². The number of carbonyl (C=O) groups is 1. The lowest BCUT2D eigenvalue weighted by Gasteiger charge is -2.17. The van der Waals surface area contributed by atoms with Gasteiger partial charge in [-0.05, 0) is 30.9 Å². The summed E-state index contributed by atoms with van der Waals surface area (Å²) in [7, 11) is 0. The van der Waals surface area contributed by atoms with Crippen LogP contribution < -0.4 is 10.6 Å². The van der Waals surface area contributed by atoms with E-state index in [1.165, 1.54) is 17.3 Å². The highest BCUT2D eigenvalue weighted by molar-refractivity contribution is 7.99. The second kappa shape index (κ2) is 5.88. The van der Waals surface area contributed by atoms with Crippen LogP contribution >= 0.6 is 11.8 Å². The number of thioether (sulfide) groups is 1. The van der Waals surface area contributed by atoms with Crippen molar-refractivity contribution in [3.63, 3.8) is 0 Å². The van der Waals surface area contributed by atoms with E-state index in [4.69, 9.17) is 0 Å². The first kappa shape index (κ1) is 14.6. The maximum Gasteiger partial charge on any atom is 0.344 e. The van der Waals surface area contributed by atoms with E-state index >= 15 is 0 Å². The molecule has 0 unspecified atom stereocenters. The van der Waals surface area contributed by atoms with Crippen molar-refractivity contribution in [2.45, 2.75) is 36.9 Å². The van der Waals surface area contributed by atoms with Crippen molar-refractivity contribution in [2.24, 2.45) is 0 Å². The summed E-state index contributed by atoms with van der Waals surface area (Å²) in [6, 6.07) is 8.36. The van der Waals surface area contributed by atoms with Crippen LogP contribution in [-0.4, -0.2) is 33.0 Å². The van der Waals surface area contributed by atoms with Gasteiger partial charge in [-0.25, -0.2) is 9.89 Å². The van der Waals surface area contributed by atoms with E-state index in [1.54, 1.807) is 4.57 Å². The van der Waals surface area contributed by atoms with Gasteiger partial charge in [-0.2, -0.15) is 0 Å². The van der Waals surface area contributed by atoms with Gasteiger partial charge in [-0.15, -0.1) is 5.10 Å². The van der Waals surface area contributed by atoms with Crippen LogP contribution in [0, 0.1) is 0 Å². The number of carbonyl (C=O) groups excluding carboxylic acids is 1. The van der Waals surface area contributed by atoms with Gasteiger partial charge in [0.15, 0.2) is 5.16 Å². The number of hydrogen-bond acceptors (Lipinski definition) is 4. The van der Waals surface area contributed by atoms with Gasteiger partial charge in [-0.1, -0.05) is 30.0 Å². The molecule has 2 heterocycles. The normalized spacial score (nSPS) is 16.6. The summed E-state index contributed by atoms with van der Waals surface area (Å²) in [5.41, 5.74) is 2.13. The molecule has 0 radical (unpaired) electrons. The van der Waals surface area contributed by atoms with Crippen LogP contribution in [0.3, 0.4) is 0 Å². The molecule has 1 N–H and O–H groups in total. The van der Waals surface area contributed by atoms with Gasteiger partial charge in [-0.3, -0.25) is 9.36 Å². The Labute approximate surface area is 137 Å². The molecule has 2 aliphatic rings. The number of anilines is 1. The number of nitrogens with one attached hydrogen (secondary N) is 1. The molecule has 7 heteroatoms. The van der Waals surface area contributed by atoms with Gasteiger partial charge in [0.05, 0.1) is 0 Å². The highest BCUT2D eigenvalue weighted by Gasteiger charge is 2.29. The lowest BCUT2D eigenvalue weighted by atomic mass is 10.2. The van der Waals surface area contributed by atoms with Crippen molar-refractivity contribution >= 4 is 23.4 Å². The van der Waals surface area contributed by atoms with E-state index in [-0.39, 0.29) is 11.6 Å². The van der Waals surface area contributed by atoms with Crippen molar-refractivity contribution in [3.05, 3.63) is 40.3 Å². The molecule has 1 fully saturated rings. The maximum atomic E-state index is 12.5. The zero-order chi connectivity index (χ0) is 15.8. The van der Waals surface area contributed by atoms with E-state index in [0.29, 0.717) is 23.4 Å². The highest BCUT2D eigenvalue weighted by Crippen LogP contribution is 2.36. The zero-order valence-electron chi connectivity index (χ0n) is 12.7. The Kier molecular flexibility index (Phi) is 3.72. The summed E-state index contributed by atoms with van der Waals surface area (Å²) in [5.74, 6) is 0.771. The smallest absolute Gasteiger partial charge is 0.312 e. The molecule has 1 aromatic heterocycles. The molecule has 120 valence electrons. The lowest BCUT2D eigenvalue weighted by Crippen LogP contribution is -2.29. The number of benzene rings is 1. The van der Waals surface area contributed by atoms with Crippen molar-refractivity contribution in [2.75, 3.05) is 17.2 Å². The number of nitrogens with zero attached hydrogens (tertiary/aromatic N) is 3. The molecule has 1 aromatic carbocycles. The molecule has 0 atom stereocenters. The lowest BCUT2D eigenvalue weighted by molar-refractivity contribution is -0.118. The number of rotatable bonds is 5. The third-order valence-corrected chi connectivity index (χ3v) is 5.27. The second-order valence-corrected chi connectivity index (χ2v) is 7.00. The number of aromatic nitrogens is 3. The molecule has 0 bridgehead atoms. The summed E-state index contributed by atoms with van der Waals surface area (Å²) >= 11 is 1.48. The van der Waals surface area contributed by atoms with Gasteiger partial charge in [0, 0.05) is 30.4 Å². The first-order chi connectivity index (χ1) is 11.2. The number of hydrogen-bond donors (Lipinski definition) is 1. The SMILES string of the molecule is O=C(CCSc1n[nH]c(=O)n1C1CC1)N1CCc2ccccc21. The minimum atomic E-state index is -0.144. The highest BCUT2D eigenvalue weighted by atomic mass is 32.2. The van der Waals surface area contributed by atoms with Gasteiger partial charge in [0.2, 0.25) is 5.91 Å². The minimum Gasteiger partial charge on any atom is -0.312 e. The third kappa shape index (κ3) is 2.81. The fraction of sp³-hybridized carbons (Fsp3) is 0.438. The third-order valence-electron chi connectivity index (χ3n) is 4.32. The Hall–Kier alpha value is -2.02. The summed E-state index contributed by atoms with van der Waals surface area (Å²) in [6.07, 6.45) is 3.45. The van der Waals surface area contributed by atoms with Gasteiger partial charge >= 0.3 is 5.69 Å². The van der Waals surface area contributed by atoms with Crippen LogP contribution in [-0.2, 0) is 11.2 Å². The fourth-order valence-corrected chi connectivity index (χ4v) is 3.95. The molecule has 23 heavy (non-hydrogen) atoms. The van der Waals surface area contributed by atoms with E-state index in [1.807, 2.05) is 23.1 Å². The van der Waals surface area contributed by atoms with Gasteiger partial charge in [0.25, 0.3) is 0 Å². The van der Waals surface area contributed by atoms with E-state index < -0.39 is 0 Å².